The van der Waals surface area contributed by atoms with E-state index in [4.69, 9.17) is 4.74 Å². The quantitative estimate of drug-likeness (QED) is 0.810. The molecule has 0 N–H and O–H groups in total. The number of hydrogen-bond acceptors (Lipinski definition) is 4. The van der Waals surface area contributed by atoms with Gasteiger partial charge >= 0.3 is 0 Å². The van der Waals surface area contributed by atoms with Crippen molar-refractivity contribution in [2.45, 2.75) is 6.92 Å². The monoisotopic (exact) mass is 241 g/mol. The van der Waals surface area contributed by atoms with Gasteiger partial charge in [0.1, 0.15) is 23.0 Å². The number of anilines is 1. The van der Waals surface area contributed by atoms with Gasteiger partial charge in [-0.15, -0.1) is 0 Å². The number of pyridine rings is 1. The Hall–Kier alpha value is -2.28. The van der Waals surface area contributed by atoms with Crippen LogP contribution in [0.3, 0.4) is 0 Å². The first-order valence-electron chi connectivity index (χ1n) is 5.65. The summed E-state index contributed by atoms with van der Waals surface area (Å²) in [6.07, 6.45) is 0. The van der Waals surface area contributed by atoms with Crippen molar-refractivity contribution in [2.75, 3.05) is 26.1 Å². The number of nitrogens with zero attached hydrogens (tertiary/aromatic N) is 3. The van der Waals surface area contributed by atoms with Crippen LogP contribution in [0.2, 0.25) is 0 Å². The van der Waals surface area contributed by atoms with Gasteiger partial charge in [0, 0.05) is 25.0 Å². The van der Waals surface area contributed by atoms with Crippen molar-refractivity contribution in [1.82, 2.24) is 4.98 Å². The molecule has 4 nitrogen and oxygen atoms in total. The Balaban J connectivity index is 2.96. The van der Waals surface area contributed by atoms with Gasteiger partial charge in [-0.25, -0.2) is 4.98 Å². The standard InChI is InChI=1S/C14H15N3O/c1-9-11(8-15)16-13-10(14(9)17(2)3)6-5-7-12(13)18-4/h5-7H,1-4H3. The number of aromatic nitrogens is 1. The molecular formula is C14H15N3O. The average Bonchev–Trinajstić information content (AvgIpc) is 2.36. The van der Waals surface area contributed by atoms with E-state index in [1.54, 1.807) is 7.11 Å². The van der Waals surface area contributed by atoms with Gasteiger partial charge in [0.25, 0.3) is 0 Å². The Morgan fingerprint density at radius 2 is 2.06 bits per heavy atom. The lowest BCUT2D eigenvalue weighted by molar-refractivity contribution is 0.419. The molecule has 0 saturated heterocycles. The van der Waals surface area contributed by atoms with Crippen LogP contribution in [0.1, 0.15) is 11.3 Å². The summed E-state index contributed by atoms with van der Waals surface area (Å²) in [6, 6.07) is 7.92. The van der Waals surface area contributed by atoms with Crippen molar-refractivity contribution in [1.29, 1.82) is 5.26 Å². The van der Waals surface area contributed by atoms with E-state index in [9.17, 15) is 5.26 Å². The van der Waals surface area contributed by atoms with Crippen LogP contribution in [0.5, 0.6) is 5.75 Å². The van der Waals surface area contributed by atoms with Crippen LogP contribution in [0, 0.1) is 18.3 Å². The number of nitriles is 1. The zero-order chi connectivity index (χ0) is 13.3. The smallest absolute Gasteiger partial charge is 0.146 e. The molecular weight excluding hydrogens is 226 g/mol. The Morgan fingerprint density at radius 3 is 2.61 bits per heavy atom. The molecule has 0 aliphatic heterocycles. The Bertz CT molecular complexity index is 642. The van der Waals surface area contributed by atoms with Crippen molar-refractivity contribution >= 4 is 16.6 Å². The third kappa shape index (κ3) is 1.74. The summed E-state index contributed by atoms with van der Waals surface area (Å²) in [5.41, 5.74) is 3.07. The van der Waals surface area contributed by atoms with E-state index < -0.39 is 0 Å². The van der Waals surface area contributed by atoms with E-state index >= 15 is 0 Å². The lowest BCUT2D eigenvalue weighted by atomic mass is 10.1. The minimum atomic E-state index is 0.440. The van der Waals surface area contributed by atoms with E-state index in [-0.39, 0.29) is 0 Å². The molecule has 2 rings (SSSR count). The summed E-state index contributed by atoms with van der Waals surface area (Å²) in [5.74, 6) is 0.687. The van der Waals surface area contributed by atoms with Crippen LogP contribution in [-0.4, -0.2) is 26.2 Å². The van der Waals surface area contributed by atoms with Crippen molar-refractivity contribution < 1.29 is 4.74 Å². The fraction of sp³-hybridized carbons (Fsp3) is 0.286. The zero-order valence-corrected chi connectivity index (χ0v) is 11.0. The predicted molar refractivity (Wildman–Crippen MR) is 72.1 cm³/mol. The summed E-state index contributed by atoms with van der Waals surface area (Å²) in [4.78, 5) is 6.39. The molecule has 0 atom stereocenters. The van der Waals surface area contributed by atoms with Gasteiger partial charge in [0.05, 0.1) is 12.8 Å². The maximum absolute atomic E-state index is 9.18. The molecule has 0 radical (unpaired) electrons. The number of methoxy groups -OCH3 is 1. The number of benzene rings is 1. The maximum Gasteiger partial charge on any atom is 0.146 e. The second-order valence-corrected chi connectivity index (χ2v) is 4.30. The van der Waals surface area contributed by atoms with Crippen molar-refractivity contribution in [3.63, 3.8) is 0 Å². The second kappa shape index (κ2) is 4.53. The van der Waals surface area contributed by atoms with Gasteiger partial charge < -0.3 is 9.64 Å². The van der Waals surface area contributed by atoms with Gasteiger partial charge in [-0.3, -0.25) is 0 Å². The zero-order valence-electron chi connectivity index (χ0n) is 11.0. The van der Waals surface area contributed by atoms with E-state index in [0.29, 0.717) is 11.4 Å². The van der Waals surface area contributed by atoms with Gasteiger partial charge in [-0.1, -0.05) is 12.1 Å². The minimum Gasteiger partial charge on any atom is -0.494 e. The topological polar surface area (TPSA) is 49.1 Å². The lowest BCUT2D eigenvalue weighted by Crippen LogP contribution is -2.12. The number of ether oxygens (including phenoxy) is 1. The highest BCUT2D eigenvalue weighted by Crippen LogP contribution is 2.34. The SMILES string of the molecule is COc1cccc2c(N(C)C)c(C)c(C#N)nc12. The first-order valence-corrected chi connectivity index (χ1v) is 5.65. The highest BCUT2D eigenvalue weighted by molar-refractivity contribution is 5.97. The van der Waals surface area contributed by atoms with Crippen LogP contribution < -0.4 is 9.64 Å². The Kier molecular flexibility index (Phi) is 3.07. The van der Waals surface area contributed by atoms with Crippen molar-refractivity contribution in [3.8, 4) is 11.8 Å². The number of fused-ring (bicyclic) bond motifs is 1. The van der Waals surface area contributed by atoms with E-state index in [1.807, 2.05) is 44.1 Å². The van der Waals surface area contributed by atoms with E-state index in [2.05, 4.69) is 11.1 Å². The Labute approximate surface area is 106 Å². The molecule has 1 aromatic heterocycles. The molecule has 2 aromatic rings. The fourth-order valence-electron chi connectivity index (χ4n) is 2.19. The Morgan fingerprint density at radius 1 is 1.33 bits per heavy atom. The summed E-state index contributed by atoms with van der Waals surface area (Å²) in [7, 11) is 5.53. The molecule has 1 heterocycles. The highest BCUT2D eigenvalue weighted by atomic mass is 16.5. The van der Waals surface area contributed by atoms with E-state index in [1.165, 1.54) is 0 Å². The molecule has 0 fully saturated rings. The van der Waals surface area contributed by atoms with Crippen LogP contribution in [-0.2, 0) is 0 Å². The van der Waals surface area contributed by atoms with Crippen LogP contribution in [0.25, 0.3) is 10.9 Å². The van der Waals surface area contributed by atoms with Crippen LogP contribution in [0.15, 0.2) is 18.2 Å². The highest BCUT2D eigenvalue weighted by Gasteiger charge is 2.15. The normalized spacial score (nSPS) is 10.2. The van der Waals surface area contributed by atoms with Gasteiger partial charge in [0.15, 0.2) is 0 Å². The molecule has 0 unspecified atom stereocenters. The summed E-state index contributed by atoms with van der Waals surface area (Å²) in [5, 5.41) is 10.2. The second-order valence-electron chi connectivity index (χ2n) is 4.30. The predicted octanol–water partition coefficient (Wildman–Crippen LogP) is 2.49. The van der Waals surface area contributed by atoms with Gasteiger partial charge in [-0.05, 0) is 13.0 Å². The fourth-order valence-corrected chi connectivity index (χ4v) is 2.19. The number of para-hydroxylation sites is 1. The summed E-state index contributed by atoms with van der Waals surface area (Å²) >= 11 is 0. The largest absolute Gasteiger partial charge is 0.494 e. The lowest BCUT2D eigenvalue weighted by Gasteiger charge is -2.19. The van der Waals surface area contributed by atoms with Gasteiger partial charge in [-0.2, -0.15) is 5.26 Å². The molecule has 18 heavy (non-hydrogen) atoms. The minimum absolute atomic E-state index is 0.440. The molecule has 1 aromatic carbocycles. The summed E-state index contributed by atoms with van der Waals surface area (Å²) in [6.45, 7) is 1.92. The molecule has 0 saturated carbocycles. The molecule has 0 aliphatic rings. The molecule has 92 valence electrons. The third-order valence-corrected chi connectivity index (χ3v) is 2.96. The molecule has 0 bridgehead atoms. The summed E-state index contributed by atoms with van der Waals surface area (Å²) < 4.78 is 5.31. The molecule has 0 spiro atoms. The number of rotatable bonds is 2. The average molecular weight is 241 g/mol. The first-order chi connectivity index (χ1) is 8.60. The molecule has 0 amide bonds. The number of hydrogen-bond donors (Lipinski definition) is 0. The van der Waals surface area contributed by atoms with Crippen LogP contribution >= 0.6 is 0 Å². The van der Waals surface area contributed by atoms with Crippen molar-refractivity contribution in [3.05, 3.63) is 29.5 Å². The maximum atomic E-state index is 9.18. The van der Waals surface area contributed by atoms with Crippen molar-refractivity contribution in [2.24, 2.45) is 0 Å². The third-order valence-electron chi connectivity index (χ3n) is 2.96. The van der Waals surface area contributed by atoms with E-state index in [0.717, 1.165) is 22.2 Å². The molecule has 4 heteroatoms. The molecule has 0 aliphatic carbocycles. The van der Waals surface area contributed by atoms with Crippen LogP contribution in [0.4, 0.5) is 5.69 Å². The van der Waals surface area contributed by atoms with Gasteiger partial charge in [0.2, 0.25) is 0 Å². The first kappa shape index (κ1) is 12.2.